The largest absolute Gasteiger partial charge is 0.361 e. The van der Waals surface area contributed by atoms with Gasteiger partial charge in [-0.2, -0.15) is 0 Å². The first-order valence-corrected chi connectivity index (χ1v) is 8.12. The minimum atomic E-state index is -0.282. The normalized spacial score (nSPS) is 12.9. The minimum absolute atomic E-state index is 0.0232. The first kappa shape index (κ1) is 18.2. The Hall–Kier alpha value is -2.17. The summed E-state index contributed by atoms with van der Waals surface area (Å²) in [6.45, 7) is 9.97. The van der Waals surface area contributed by atoms with Gasteiger partial charge in [-0.25, -0.2) is 4.39 Å². The summed E-state index contributed by atoms with van der Waals surface area (Å²) < 4.78 is 18.3. The molecule has 0 aliphatic rings. The van der Waals surface area contributed by atoms with Gasteiger partial charge < -0.3 is 9.84 Å². The standard InChI is InChI=1S/C19H25FN2O2/c1-12-16(13(2)24-22-12)10-18(23)21-17(11-19(3,4)5)14-6-8-15(20)9-7-14/h6-9,17H,10-11H2,1-5H3,(H,21,23)/t17-/m1/s1. The van der Waals surface area contributed by atoms with Crippen molar-refractivity contribution < 1.29 is 13.7 Å². The first-order valence-electron chi connectivity index (χ1n) is 8.12. The van der Waals surface area contributed by atoms with E-state index < -0.39 is 0 Å². The van der Waals surface area contributed by atoms with E-state index >= 15 is 0 Å². The summed E-state index contributed by atoms with van der Waals surface area (Å²) >= 11 is 0. The molecule has 1 N–H and O–H groups in total. The van der Waals surface area contributed by atoms with Crippen LogP contribution in [0.3, 0.4) is 0 Å². The Morgan fingerprint density at radius 1 is 1.25 bits per heavy atom. The summed E-state index contributed by atoms with van der Waals surface area (Å²) in [6, 6.07) is 6.12. The van der Waals surface area contributed by atoms with Crippen LogP contribution in [0.2, 0.25) is 0 Å². The number of nitrogens with zero attached hydrogens (tertiary/aromatic N) is 1. The molecular weight excluding hydrogens is 307 g/mol. The molecule has 2 aromatic rings. The van der Waals surface area contributed by atoms with Crippen LogP contribution in [0.25, 0.3) is 0 Å². The Morgan fingerprint density at radius 3 is 2.38 bits per heavy atom. The van der Waals surface area contributed by atoms with Gasteiger partial charge in [-0.05, 0) is 43.4 Å². The molecule has 1 heterocycles. The molecule has 0 aliphatic heterocycles. The van der Waals surface area contributed by atoms with E-state index in [4.69, 9.17) is 4.52 Å². The topological polar surface area (TPSA) is 55.1 Å². The van der Waals surface area contributed by atoms with Gasteiger partial charge in [-0.15, -0.1) is 0 Å². The monoisotopic (exact) mass is 332 g/mol. The van der Waals surface area contributed by atoms with Gasteiger partial charge in [0.25, 0.3) is 0 Å². The van der Waals surface area contributed by atoms with Crippen molar-refractivity contribution in [3.63, 3.8) is 0 Å². The zero-order valence-corrected chi connectivity index (χ0v) is 14.9. The predicted molar refractivity (Wildman–Crippen MR) is 91.0 cm³/mol. The number of nitrogens with one attached hydrogen (secondary N) is 1. The van der Waals surface area contributed by atoms with Gasteiger partial charge in [-0.3, -0.25) is 4.79 Å². The number of aryl methyl sites for hydroxylation is 2. The smallest absolute Gasteiger partial charge is 0.225 e. The summed E-state index contributed by atoms with van der Waals surface area (Å²) in [7, 11) is 0. The second-order valence-electron chi connectivity index (χ2n) is 7.42. The lowest BCUT2D eigenvalue weighted by molar-refractivity contribution is -0.121. The Bertz CT molecular complexity index is 680. The minimum Gasteiger partial charge on any atom is -0.361 e. The van der Waals surface area contributed by atoms with Gasteiger partial charge in [0, 0.05) is 5.56 Å². The predicted octanol–water partition coefficient (Wildman–Crippen LogP) is 4.27. The summed E-state index contributed by atoms with van der Waals surface area (Å²) in [4.78, 5) is 12.5. The summed E-state index contributed by atoms with van der Waals surface area (Å²) in [5.74, 6) is 0.287. The zero-order chi connectivity index (χ0) is 17.9. The van der Waals surface area contributed by atoms with Crippen LogP contribution in [0.4, 0.5) is 4.39 Å². The number of amides is 1. The Labute approximate surface area is 142 Å². The second-order valence-corrected chi connectivity index (χ2v) is 7.42. The number of carbonyl (C=O) groups is 1. The quantitative estimate of drug-likeness (QED) is 0.890. The van der Waals surface area contributed by atoms with E-state index in [9.17, 15) is 9.18 Å². The Morgan fingerprint density at radius 2 is 1.88 bits per heavy atom. The molecule has 1 aromatic heterocycles. The molecule has 1 aromatic carbocycles. The van der Waals surface area contributed by atoms with Crippen molar-refractivity contribution in [2.45, 2.75) is 53.5 Å². The molecule has 4 nitrogen and oxygen atoms in total. The maximum atomic E-state index is 13.2. The summed E-state index contributed by atoms with van der Waals surface area (Å²) in [6.07, 6.45) is 0.981. The molecule has 0 bridgehead atoms. The fourth-order valence-electron chi connectivity index (χ4n) is 2.72. The van der Waals surface area contributed by atoms with Gasteiger partial charge in [-0.1, -0.05) is 38.1 Å². The third kappa shape index (κ3) is 4.91. The van der Waals surface area contributed by atoms with E-state index in [-0.39, 0.29) is 29.6 Å². The lowest BCUT2D eigenvalue weighted by atomic mass is 9.85. The molecule has 0 saturated carbocycles. The van der Waals surface area contributed by atoms with E-state index in [1.165, 1.54) is 12.1 Å². The van der Waals surface area contributed by atoms with Gasteiger partial charge in [0.05, 0.1) is 18.2 Å². The van der Waals surface area contributed by atoms with Crippen LogP contribution < -0.4 is 5.32 Å². The van der Waals surface area contributed by atoms with Crippen LogP contribution in [0, 0.1) is 25.1 Å². The highest BCUT2D eigenvalue weighted by Crippen LogP contribution is 2.29. The van der Waals surface area contributed by atoms with Gasteiger partial charge in [0.15, 0.2) is 0 Å². The van der Waals surface area contributed by atoms with Gasteiger partial charge >= 0.3 is 0 Å². The van der Waals surface area contributed by atoms with Crippen LogP contribution in [0.5, 0.6) is 0 Å². The zero-order valence-electron chi connectivity index (χ0n) is 14.9. The van der Waals surface area contributed by atoms with Crippen LogP contribution in [0.1, 0.15) is 55.8 Å². The average molecular weight is 332 g/mol. The number of halogens is 1. The second kappa shape index (κ2) is 7.16. The Kier molecular flexibility index (Phi) is 5.42. The number of benzene rings is 1. The highest BCUT2D eigenvalue weighted by atomic mass is 19.1. The number of carbonyl (C=O) groups excluding carboxylic acids is 1. The van der Waals surface area contributed by atoms with Crippen LogP contribution >= 0.6 is 0 Å². The highest BCUT2D eigenvalue weighted by molar-refractivity contribution is 5.79. The third-order valence-corrected chi connectivity index (χ3v) is 3.94. The van der Waals surface area contributed by atoms with Crippen molar-refractivity contribution >= 4 is 5.91 Å². The van der Waals surface area contributed by atoms with E-state index in [1.54, 1.807) is 19.1 Å². The molecule has 0 aliphatic carbocycles. The lowest BCUT2D eigenvalue weighted by Gasteiger charge is -2.27. The molecule has 1 atom stereocenters. The van der Waals surface area contributed by atoms with Crippen molar-refractivity contribution in [1.29, 1.82) is 0 Å². The molecule has 0 radical (unpaired) electrons. The molecule has 5 heteroatoms. The molecule has 24 heavy (non-hydrogen) atoms. The Balaban J connectivity index is 2.15. The van der Waals surface area contributed by atoms with Gasteiger partial charge in [0.2, 0.25) is 5.91 Å². The highest BCUT2D eigenvalue weighted by Gasteiger charge is 2.23. The van der Waals surface area contributed by atoms with Crippen molar-refractivity contribution in [2.24, 2.45) is 5.41 Å². The number of hydrogen-bond donors (Lipinski definition) is 1. The van der Waals surface area contributed by atoms with Crippen molar-refractivity contribution in [1.82, 2.24) is 10.5 Å². The number of aromatic nitrogens is 1. The molecule has 1 amide bonds. The van der Waals surface area contributed by atoms with Crippen molar-refractivity contribution in [3.8, 4) is 0 Å². The SMILES string of the molecule is Cc1noc(C)c1CC(=O)N[C@H](CC(C)(C)C)c1ccc(F)cc1. The number of rotatable bonds is 5. The lowest BCUT2D eigenvalue weighted by Crippen LogP contribution is -2.32. The molecular formula is C19H25FN2O2. The van der Waals surface area contributed by atoms with Crippen LogP contribution in [0.15, 0.2) is 28.8 Å². The van der Waals surface area contributed by atoms with Crippen molar-refractivity contribution in [2.75, 3.05) is 0 Å². The fourth-order valence-corrected chi connectivity index (χ4v) is 2.72. The maximum absolute atomic E-state index is 13.2. The van der Waals surface area contributed by atoms with E-state index in [0.717, 1.165) is 23.2 Å². The van der Waals surface area contributed by atoms with Crippen LogP contribution in [-0.4, -0.2) is 11.1 Å². The fraction of sp³-hybridized carbons (Fsp3) is 0.474. The first-order chi connectivity index (χ1) is 11.2. The van der Waals surface area contributed by atoms with Gasteiger partial charge in [0.1, 0.15) is 11.6 Å². The maximum Gasteiger partial charge on any atom is 0.225 e. The molecule has 0 fully saturated rings. The summed E-state index contributed by atoms with van der Waals surface area (Å²) in [5.41, 5.74) is 2.48. The number of hydrogen-bond acceptors (Lipinski definition) is 3. The molecule has 0 unspecified atom stereocenters. The van der Waals surface area contributed by atoms with E-state index in [0.29, 0.717) is 5.76 Å². The van der Waals surface area contributed by atoms with E-state index in [2.05, 4.69) is 31.2 Å². The molecule has 2 rings (SSSR count). The van der Waals surface area contributed by atoms with Crippen molar-refractivity contribution in [3.05, 3.63) is 52.7 Å². The molecule has 0 spiro atoms. The molecule has 130 valence electrons. The average Bonchev–Trinajstić information content (AvgIpc) is 2.78. The summed E-state index contributed by atoms with van der Waals surface area (Å²) in [5, 5.41) is 6.95. The molecule has 0 saturated heterocycles. The van der Waals surface area contributed by atoms with Crippen LogP contribution in [-0.2, 0) is 11.2 Å². The van der Waals surface area contributed by atoms with E-state index in [1.807, 2.05) is 6.92 Å². The third-order valence-electron chi connectivity index (χ3n) is 3.94.